The Morgan fingerprint density at radius 1 is 1.33 bits per heavy atom. The van der Waals surface area contributed by atoms with Crippen molar-refractivity contribution >= 4 is 5.97 Å². The fourth-order valence-electron chi connectivity index (χ4n) is 1.74. The van der Waals surface area contributed by atoms with Gasteiger partial charge in [-0.05, 0) is 38.6 Å². The largest absolute Gasteiger partial charge is 0.468 e. The minimum Gasteiger partial charge on any atom is -0.468 e. The van der Waals surface area contributed by atoms with Gasteiger partial charge >= 0.3 is 5.97 Å². The van der Waals surface area contributed by atoms with E-state index in [0.29, 0.717) is 5.56 Å². The standard InChI is InChI=1S/C14H18N2O2/c1-10(16(3)11(2)14(17)18-4)13-7-5-12(9-15)6-8-13/h5-8,10-11H,1-4H3/t10?,11-/m0/s1. The summed E-state index contributed by atoms with van der Waals surface area (Å²) in [5, 5.41) is 8.75. The number of benzene rings is 1. The zero-order chi connectivity index (χ0) is 13.7. The molecule has 0 aliphatic heterocycles. The summed E-state index contributed by atoms with van der Waals surface area (Å²) in [6, 6.07) is 9.23. The number of likely N-dealkylation sites (N-methyl/N-ethyl adjacent to an activating group) is 1. The van der Waals surface area contributed by atoms with Crippen LogP contribution in [0.4, 0.5) is 0 Å². The molecule has 0 radical (unpaired) electrons. The number of hydrogen-bond acceptors (Lipinski definition) is 4. The van der Waals surface area contributed by atoms with Crippen LogP contribution in [-0.2, 0) is 9.53 Å². The average Bonchev–Trinajstić information content (AvgIpc) is 2.44. The summed E-state index contributed by atoms with van der Waals surface area (Å²) in [7, 11) is 3.27. The number of nitriles is 1. The average molecular weight is 246 g/mol. The summed E-state index contributed by atoms with van der Waals surface area (Å²) in [4.78, 5) is 13.4. The molecule has 0 spiro atoms. The molecule has 96 valence electrons. The maximum absolute atomic E-state index is 11.5. The predicted molar refractivity (Wildman–Crippen MR) is 68.8 cm³/mol. The summed E-state index contributed by atoms with van der Waals surface area (Å²) in [5.74, 6) is -0.252. The van der Waals surface area contributed by atoms with Gasteiger partial charge in [0.25, 0.3) is 0 Å². The van der Waals surface area contributed by atoms with E-state index in [1.807, 2.05) is 37.9 Å². The van der Waals surface area contributed by atoms with Crippen LogP contribution in [-0.4, -0.2) is 31.1 Å². The lowest BCUT2D eigenvalue weighted by molar-refractivity contribution is -0.146. The predicted octanol–water partition coefficient (Wildman–Crippen LogP) is 2.11. The maximum Gasteiger partial charge on any atom is 0.322 e. The van der Waals surface area contributed by atoms with Crippen molar-refractivity contribution in [3.63, 3.8) is 0 Å². The van der Waals surface area contributed by atoms with E-state index >= 15 is 0 Å². The van der Waals surface area contributed by atoms with Gasteiger partial charge in [-0.2, -0.15) is 5.26 Å². The van der Waals surface area contributed by atoms with Crippen LogP contribution in [0.2, 0.25) is 0 Å². The van der Waals surface area contributed by atoms with Gasteiger partial charge in [0, 0.05) is 6.04 Å². The van der Waals surface area contributed by atoms with Crippen molar-refractivity contribution in [3.8, 4) is 6.07 Å². The van der Waals surface area contributed by atoms with Gasteiger partial charge in [-0.15, -0.1) is 0 Å². The van der Waals surface area contributed by atoms with Crippen LogP contribution in [0.15, 0.2) is 24.3 Å². The molecule has 0 aromatic heterocycles. The Bertz CT molecular complexity index is 448. The molecule has 0 fully saturated rings. The van der Waals surface area contributed by atoms with E-state index in [9.17, 15) is 4.79 Å². The quantitative estimate of drug-likeness (QED) is 0.763. The molecule has 0 N–H and O–H groups in total. The Morgan fingerprint density at radius 3 is 2.33 bits per heavy atom. The zero-order valence-corrected chi connectivity index (χ0v) is 11.2. The summed E-state index contributed by atoms with van der Waals surface area (Å²) in [6.07, 6.45) is 0. The highest BCUT2D eigenvalue weighted by Gasteiger charge is 2.23. The SMILES string of the molecule is COC(=O)[C@H](C)N(C)C(C)c1ccc(C#N)cc1. The Labute approximate surface area is 108 Å². The molecule has 0 heterocycles. The van der Waals surface area contributed by atoms with E-state index in [1.54, 1.807) is 12.1 Å². The first-order valence-electron chi connectivity index (χ1n) is 5.81. The maximum atomic E-state index is 11.5. The Morgan fingerprint density at radius 2 is 1.89 bits per heavy atom. The number of esters is 1. The molecule has 0 saturated carbocycles. The first kappa shape index (κ1) is 14.2. The molecule has 4 nitrogen and oxygen atoms in total. The van der Waals surface area contributed by atoms with Crippen LogP contribution in [0.3, 0.4) is 0 Å². The van der Waals surface area contributed by atoms with Crippen molar-refractivity contribution in [1.82, 2.24) is 4.90 Å². The van der Waals surface area contributed by atoms with Gasteiger partial charge in [0.05, 0.1) is 18.7 Å². The van der Waals surface area contributed by atoms with E-state index < -0.39 is 0 Å². The molecule has 4 heteroatoms. The van der Waals surface area contributed by atoms with E-state index in [4.69, 9.17) is 10.00 Å². The summed E-state index contributed by atoms with van der Waals surface area (Å²) >= 11 is 0. The van der Waals surface area contributed by atoms with Crippen molar-refractivity contribution in [2.45, 2.75) is 25.9 Å². The van der Waals surface area contributed by atoms with E-state index in [1.165, 1.54) is 7.11 Å². The summed E-state index contributed by atoms with van der Waals surface area (Å²) < 4.78 is 4.73. The summed E-state index contributed by atoms with van der Waals surface area (Å²) in [5.41, 5.74) is 1.70. The molecule has 0 amide bonds. The molecule has 18 heavy (non-hydrogen) atoms. The lowest BCUT2D eigenvalue weighted by Crippen LogP contribution is -2.38. The van der Waals surface area contributed by atoms with Crippen LogP contribution in [0.25, 0.3) is 0 Å². The number of hydrogen-bond donors (Lipinski definition) is 0. The molecular formula is C14H18N2O2. The van der Waals surface area contributed by atoms with Gasteiger partial charge in [-0.3, -0.25) is 9.69 Å². The van der Waals surface area contributed by atoms with Gasteiger partial charge in [0.1, 0.15) is 6.04 Å². The number of methoxy groups -OCH3 is 1. The van der Waals surface area contributed by atoms with Gasteiger partial charge < -0.3 is 4.74 Å². The minimum atomic E-state index is -0.305. The van der Waals surface area contributed by atoms with Gasteiger partial charge in [-0.1, -0.05) is 12.1 Å². The lowest BCUT2D eigenvalue weighted by atomic mass is 10.0. The second-order valence-corrected chi connectivity index (χ2v) is 4.27. The van der Waals surface area contributed by atoms with Crippen molar-refractivity contribution in [3.05, 3.63) is 35.4 Å². The van der Waals surface area contributed by atoms with Gasteiger partial charge in [0.2, 0.25) is 0 Å². The van der Waals surface area contributed by atoms with Crippen LogP contribution < -0.4 is 0 Å². The molecule has 0 aliphatic rings. The van der Waals surface area contributed by atoms with Crippen LogP contribution in [0.5, 0.6) is 0 Å². The zero-order valence-electron chi connectivity index (χ0n) is 11.2. The van der Waals surface area contributed by atoms with Crippen molar-refractivity contribution in [2.75, 3.05) is 14.2 Å². The molecular weight excluding hydrogens is 228 g/mol. The number of nitrogens with zero attached hydrogens (tertiary/aromatic N) is 2. The topological polar surface area (TPSA) is 53.3 Å². The monoisotopic (exact) mass is 246 g/mol. The third-order valence-electron chi connectivity index (χ3n) is 3.29. The highest BCUT2D eigenvalue weighted by Crippen LogP contribution is 2.21. The second kappa shape index (κ2) is 6.18. The fourth-order valence-corrected chi connectivity index (χ4v) is 1.74. The molecule has 0 bridgehead atoms. The second-order valence-electron chi connectivity index (χ2n) is 4.27. The molecule has 0 saturated heterocycles. The third-order valence-corrected chi connectivity index (χ3v) is 3.29. The van der Waals surface area contributed by atoms with E-state index in [-0.39, 0.29) is 18.1 Å². The van der Waals surface area contributed by atoms with Crippen LogP contribution in [0, 0.1) is 11.3 Å². The molecule has 2 atom stereocenters. The van der Waals surface area contributed by atoms with Crippen LogP contribution >= 0.6 is 0 Å². The first-order valence-corrected chi connectivity index (χ1v) is 5.81. The van der Waals surface area contributed by atoms with Crippen LogP contribution in [0.1, 0.15) is 31.0 Å². The lowest BCUT2D eigenvalue weighted by Gasteiger charge is -2.29. The van der Waals surface area contributed by atoms with Gasteiger partial charge in [-0.25, -0.2) is 0 Å². The molecule has 1 aromatic carbocycles. The Kier molecular flexibility index (Phi) is 4.87. The van der Waals surface area contributed by atoms with Crippen molar-refractivity contribution < 1.29 is 9.53 Å². The molecule has 1 aromatic rings. The number of carbonyl (C=O) groups is 1. The Hall–Kier alpha value is -1.86. The smallest absolute Gasteiger partial charge is 0.322 e. The van der Waals surface area contributed by atoms with E-state index in [0.717, 1.165) is 5.56 Å². The summed E-state index contributed by atoms with van der Waals surface area (Å²) in [6.45, 7) is 3.83. The highest BCUT2D eigenvalue weighted by molar-refractivity contribution is 5.75. The molecule has 1 unspecified atom stereocenters. The number of rotatable bonds is 4. The molecule has 1 rings (SSSR count). The minimum absolute atomic E-state index is 0.0758. The fraction of sp³-hybridized carbons (Fsp3) is 0.429. The Balaban J connectivity index is 2.82. The first-order chi connectivity index (χ1) is 8.51. The number of ether oxygens (including phenoxy) is 1. The van der Waals surface area contributed by atoms with E-state index in [2.05, 4.69) is 6.07 Å². The number of carbonyl (C=O) groups excluding carboxylic acids is 1. The normalized spacial score (nSPS) is 13.8. The molecule has 0 aliphatic carbocycles. The third kappa shape index (κ3) is 3.08. The highest BCUT2D eigenvalue weighted by atomic mass is 16.5. The van der Waals surface area contributed by atoms with Crippen molar-refractivity contribution in [2.24, 2.45) is 0 Å². The van der Waals surface area contributed by atoms with Crippen molar-refractivity contribution in [1.29, 1.82) is 5.26 Å². The van der Waals surface area contributed by atoms with Gasteiger partial charge in [0.15, 0.2) is 0 Å².